The van der Waals surface area contributed by atoms with Crippen LogP contribution in [0.3, 0.4) is 0 Å². The summed E-state index contributed by atoms with van der Waals surface area (Å²) >= 11 is 1.15. The number of thiazole rings is 1. The molecule has 0 aromatic carbocycles. The van der Waals surface area contributed by atoms with Gasteiger partial charge in [-0.3, -0.25) is 9.69 Å². The quantitative estimate of drug-likeness (QED) is 0.641. The Morgan fingerprint density at radius 3 is 2.73 bits per heavy atom. The van der Waals surface area contributed by atoms with Crippen molar-refractivity contribution in [2.45, 2.75) is 18.9 Å². The Hall–Kier alpha value is -3.07. The number of pyridine rings is 1. The van der Waals surface area contributed by atoms with E-state index in [1.54, 1.807) is 40.2 Å². The fraction of sp³-hybridized carbons (Fsp3) is 0.235. The van der Waals surface area contributed by atoms with Crippen LogP contribution < -0.4 is 4.90 Å². The van der Waals surface area contributed by atoms with Crippen molar-refractivity contribution in [2.24, 2.45) is 0 Å². The highest BCUT2D eigenvalue weighted by atomic mass is 32.1. The van der Waals surface area contributed by atoms with Crippen molar-refractivity contribution >= 4 is 28.3 Å². The molecule has 3 aromatic heterocycles. The molecule has 0 saturated heterocycles. The molecule has 3 heterocycles. The smallest absolute Gasteiger partial charge is 0.349 e. The molecule has 0 radical (unpaired) electrons. The minimum atomic E-state index is -0.456. The second-order valence-electron chi connectivity index (χ2n) is 5.76. The van der Waals surface area contributed by atoms with Crippen LogP contribution in [0.2, 0.25) is 0 Å². The number of rotatable bonds is 5. The lowest BCUT2D eigenvalue weighted by molar-refractivity contribution is 0.0606. The molecule has 0 unspecified atom stereocenters. The van der Waals surface area contributed by atoms with Gasteiger partial charge in [0.2, 0.25) is 0 Å². The molecule has 1 fully saturated rings. The van der Waals surface area contributed by atoms with Crippen LogP contribution in [0.25, 0.3) is 5.82 Å². The summed E-state index contributed by atoms with van der Waals surface area (Å²) in [7, 11) is 1.32. The second-order valence-corrected chi connectivity index (χ2v) is 6.77. The van der Waals surface area contributed by atoms with E-state index >= 15 is 0 Å². The Labute approximate surface area is 153 Å². The van der Waals surface area contributed by atoms with E-state index in [1.807, 2.05) is 0 Å². The van der Waals surface area contributed by atoms with Gasteiger partial charge in [0.15, 0.2) is 10.9 Å². The van der Waals surface area contributed by atoms with Crippen molar-refractivity contribution in [1.29, 1.82) is 0 Å². The number of hydrogen-bond acceptors (Lipinski definition) is 7. The third kappa shape index (κ3) is 3.08. The van der Waals surface area contributed by atoms with Gasteiger partial charge in [0, 0.05) is 24.6 Å². The molecule has 1 aliphatic carbocycles. The van der Waals surface area contributed by atoms with E-state index in [0.29, 0.717) is 21.4 Å². The van der Waals surface area contributed by atoms with Gasteiger partial charge >= 0.3 is 5.97 Å². The molecule has 1 amide bonds. The number of anilines is 1. The Kier molecular flexibility index (Phi) is 4.21. The third-order valence-electron chi connectivity index (χ3n) is 3.95. The summed E-state index contributed by atoms with van der Waals surface area (Å²) < 4.78 is 6.33. The van der Waals surface area contributed by atoms with Crippen LogP contribution in [0.15, 0.2) is 43.0 Å². The average Bonchev–Trinajstić information content (AvgIpc) is 3.14. The normalized spacial score (nSPS) is 13.4. The minimum Gasteiger partial charge on any atom is -0.465 e. The number of carbonyl (C=O) groups excluding carboxylic acids is 2. The molecule has 3 aromatic rings. The van der Waals surface area contributed by atoms with Crippen LogP contribution in [0, 0.1) is 0 Å². The highest BCUT2D eigenvalue weighted by molar-refractivity contribution is 7.17. The summed E-state index contributed by atoms with van der Waals surface area (Å²) in [6.45, 7) is 0. The molecule has 0 spiro atoms. The van der Waals surface area contributed by atoms with E-state index < -0.39 is 5.97 Å². The number of hydrogen-bond donors (Lipinski definition) is 0. The lowest BCUT2D eigenvalue weighted by Gasteiger charge is -2.19. The van der Waals surface area contributed by atoms with Gasteiger partial charge in [0.25, 0.3) is 5.91 Å². The summed E-state index contributed by atoms with van der Waals surface area (Å²) in [6, 6.07) is 5.37. The summed E-state index contributed by atoms with van der Waals surface area (Å²) in [5, 5.41) is 4.61. The Balaban J connectivity index is 1.60. The predicted molar refractivity (Wildman–Crippen MR) is 94.6 cm³/mol. The molecule has 0 N–H and O–H groups in total. The molecule has 8 nitrogen and oxygen atoms in total. The maximum Gasteiger partial charge on any atom is 0.349 e. The van der Waals surface area contributed by atoms with Crippen molar-refractivity contribution in [3.05, 3.63) is 53.4 Å². The molecular weight excluding hydrogens is 354 g/mol. The monoisotopic (exact) mass is 369 g/mol. The van der Waals surface area contributed by atoms with E-state index in [2.05, 4.69) is 15.1 Å². The molecule has 4 rings (SSSR count). The standard InChI is InChI=1S/C17H15N5O3S/c1-25-16(24)13-10-19-17(26-13)22(12-4-5-12)15(23)11-3-6-14(18-9-11)21-8-2-7-20-21/h2-3,6-10,12H,4-5H2,1H3. The zero-order valence-electron chi connectivity index (χ0n) is 13.9. The van der Waals surface area contributed by atoms with Gasteiger partial charge in [-0.05, 0) is 31.0 Å². The Morgan fingerprint density at radius 2 is 2.12 bits per heavy atom. The lowest BCUT2D eigenvalue weighted by Crippen LogP contribution is -2.33. The first-order chi connectivity index (χ1) is 12.7. The summed E-state index contributed by atoms with van der Waals surface area (Å²) in [5.74, 6) is -0.00767. The topological polar surface area (TPSA) is 90.2 Å². The number of aromatic nitrogens is 4. The van der Waals surface area contributed by atoms with Crippen LogP contribution in [0.5, 0.6) is 0 Å². The van der Waals surface area contributed by atoms with E-state index in [9.17, 15) is 9.59 Å². The van der Waals surface area contributed by atoms with Gasteiger partial charge < -0.3 is 4.74 Å². The minimum absolute atomic E-state index is 0.102. The van der Waals surface area contributed by atoms with Crippen molar-refractivity contribution in [3.63, 3.8) is 0 Å². The molecule has 9 heteroatoms. The van der Waals surface area contributed by atoms with Crippen LogP contribution in [0.1, 0.15) is 32.9 Å². The largest absolute Gasteiger partial charge is 0.465 e. The molecule has 132 valence electrons. The number of amides is 1. The third-order valence-corrected chi connectivity index (χ3v) is 4.93. The van der Waals surface area contributed by atoms with Crippen molar-refractivity contribution < 1.29 is 14.3 Å². The van der Waals surface area contributed by atoms with E-state index in [1.165, 1.54) is 19.5 Å². The Morgan fingerprint density at radius 1 is 1.27 bits per heavy atom. The highest BCUT2D eigenvalue weighted by Crippen LogP contribution is 2.35. The van der Waals surface area contributed by atoms with Gasteiger partial charge in [-0.2, -0.15) is 5.10 Å². The number of ether oxygens (including phenoxy) is 1. The van der Waals surface area contributed by atoms with Gasteiger partial charge in [0.05, 0.1) is 18.9 Å². The maximum absolute atomic E-state index is 13.0. The van der Waals surface area contributed by atoms with E-state index in [-0.39, 0.29) is 11.9 Å². The van der Waals surface area contributed by atoms with Gasteiger partial charge in [0.1, 0.15) is 4.88 Å². The van der Waals surface area contributed by atoms with Crippen LogP contribution in [0.4, 0.5) is 5.13 Å². The van der Waals surface area contributed by atoms with Crippen molar-refractivity contribution in [2.75, 3.05) is 12.0 Å². The second kappa shape index (κ2) is 6.68. The molecule has 0 atom stereocenters. The molecule has 0 bridgehead atoms. The first-order valence-electron chi connectivity index (χ1n) is 8.01. The number of methoxy groups -OCH3 is 1. The molecule has 0 aliphatic heterocycles. The highest BCUT2D eigenvalue weighted by Gasteiger charge is 2.36. The van der Waals surface area contributed by atoms with Crippen LogP contribution in [-0.4, -0.2) is 44.8 Å². The van der Waals surface area contributed by atoms with Gasteiger partial charge in [-0.25, -0.2) is 19.4 Å². The van der Waals surface area contributed by atoms with Gasteiger partial charge in [-0.15, -0.1) is 0 Å². The van der Waals surface area contributed by atoms with Crippen molar-refractivity contribution in [3.8, 4) is 5.82 Å². The first kappa shape index (κ1) is 16.4. The molecule has 1 aliphatic rings. The summed E-state index contributed by atoms with van der Waals surface area (Å²) in [4.78, 5) is 35.2. The lowest BCUT2D eigenvalue weighted by atomic mass is 10.2. The zero-order valence-corrected chi connectivity index (χ0v) is 14.7. The molecule has 1 saturated carbocycles. The SMILES string of the molecule is COC(=O)c1cnc(N(C(=O)c2ccc(-n3cccn3)nc2)C2CC2)s1. The fourth-order valence-electron chi connectivity index (χ4n) is 2.50. The van der Waals surface area contributed by atoms with Crippen molar-refractivity contribution in [1.82, 2.24) is 19.7 Å². The van der Waals surface area contributed by atoms with Crippen LogP contribution in [-0.2, 0) is 4.74 Å². The number of esters is 1. The summed E-state index contributed by atoms with van der Waals surface area (Å²) in [6.07, 6.45) is 8.24. The van der Waals surface area contributed by atoms with Gasteiger partial charge in [-0.1, -0.05) is 11.3 Å². The van der Waals surface area contributed by atoms with E-state index in [0.717, 1.165) is 24.2 Å². The Bertz CT molecular complexity index is 932. The van der Waals surface area contributed by atoms with E-state index in [4.69, 9.17) is 4.74 Å². The zero-order chi connectivity index (χ0) is 18.1. The molecule has 26 heavy (non-hydrogen) atoms. The summed E-state index contributed by atoms with van der Waals surface area (Å²) in [5.41, 5.74) is 0.461. The predicted octanol–water partition coefficient (Wildman–Crippen LogP) is 2.32. The number of carbonyl (C=O) groups is 2. The first-order valence-corrected chi connectivity index (χ1v) is 8.83. The average molecular weight is 369 g/mol. The maximum atomic E-state index is 13.0. The molecular formula is C17H15N5O3S. The number of nitrogens with zero attached hydrogens (tertiary/aromatic N) is 5. The fourth-order valence-corrected chi connectivity index (χ4v) is 3.41. The van der Waals surface area contributed by atoms with Crippen LogP contribution >= 0.6 is 11.3 Å².